The number of halogens is 7. The minimum Gasteiger partial charge on any atom is -0.463 e. The SMILES string of the molecule is CC(=O)OC(C)CC(F)(F)C(F)(F)C(F)(F)F. The molecule has 0 aromatic carbocycles. The van der Waals surface area contributed by atoms with Gasteiger partial charge in [0, 0.05) is 6.92 Å². The van der Waals surface area contributed by atoms with Crippen LogP contribution in [0.2, 0.25) is 0 Å². The maximum atomic E-state index is 12.7. The van der Waals surface area contributed by atoms with E-state index in [0.717, 1.165) is 13.8 Å². The van der Waals surface area contributed by atoms with Crippen molar-refractivity contribution >= 4 is 5.97 Å². The fraction of sp³-hybridized carbons (Fsp3) is 0.875. The van der Waals surface area contributed by atoms with Crippen molar-refractivity contribution in [2.45, 2.75) is 44.4 Å². The smallest absolute Gasteiger partial charge is 0.459 e. The highest BCUT2D eigenvalue weighted by Crippen LogP contribution is 2.48. The second kappa shape index (κ2) is 4.69. The summed E-state index contributed by atoms with van der Waals surface area (Å²) in [5.74, 6) is -12.6. The minimum absolute atomic E-state index is 0.793. The molecule has 9 heteroatoms. The highest BCUT2D eigenvalue weighted by molar-refractivity contribution is 5.66. The van der Waals surface area contributed by atoms with Crippen LogP contribution in [-0.4, -0.2) is 30.1 Å². The van der Waals surface area contributed by atoms with E-state index in [2.05, 4.69) is 4.74 Å². The summed E-state index contributed by atoms with van der Waals surface area (Å²) < 4.78 is 89.4. The van der Waals surface area contributed by atoms with Crippen molar-refractivity contribution in [2.75, 3.05) is 0 Å². The summed E-state index contributed by atoms with van der Waals surface area (Å²) in [5, 5.41) is 0. The second-order valence-electron chi connectivity index (χ2n) is 3.40. The Morgan fingerprint density at radius 2 is 1.53 bits per heavy atom. The van der Waals surface area contributed by atoms with Gasteiger partial charge in [-0.3, -0.25) is 4.79 Å². The minimum atomic E-state index is -6.37. The van der Waals surface area contributed by atoms with Crippen molar-refractivity contribution in [1.82, 2.24) is 0 Å². The molecule has 0 heterocycles. The van der Waals surface area contributed by atoms with Crippen molar-refractivity contribution < 1.29 is 40.3 Å². The highest BCUT2D eigenvalue weighted by Gasteiger charge is 2.72. The molecule has 0 fully saturated rings. The lowest BCUT2D eigenvalue weighted by Crippen LogP contribution is -2.53. The summed E-state index contributed by atoms with van der Waals surface area (Å²) in [5.41, 5.74) is 0. The summed E-state index contributed by atoms with van der Waals surface area (Å²) in [4.78, 5) is 10.3. The number of carbonyl (C=O) groups excluding carboxylic acids is 1. The molecule has 0 spiro atoms. The molecule has 0 N–H and O–H groups in total. The molecule has 0 saturated carbocycles. The molecule has 0 amide bonds. The van der Waals surface area contributed by atoms with Crippen LogP contribution in [0.5, 0.6) is 0 Å². The lowest BCUT2D eigenvalue weighted by atomic mass is 10.0. The third-order valence-corrected chi connectivity index (χ3v) is 1.73. The summed E-state index contributed by atoms with van der Waals surface area (Å²) in [7, 11) is 0. The Bertz CT molecular complexity index is 284. The monoisotopic (exact) mass is 270 g/mol. The molecule has 0 rings (SSSR count). The zero-order valence-electron chi connectivity index (χ0n) is 8.75. The van der Waals surface area contributed by atoms with Crippen LogP contribution in [0.1, 0.15) is 20.3 Å². The van der Waals surface area contributed by atoms with Gasteiger partial charge in [-0.25, -0.2) is 0 Å². The van der Waals surface area contributed by atoms with Crippen LogP contribution < -0.4 is 0 Å². The van der Waals surface area contributed by atoms with Gasteiger partial charge < -0.3 is 4.74 Å². The van der Waals surface area contributed by atoms with E-state index >= 15 is 0 Å². The lowest BCUT2D eigenvalue weighted by molar-refractivity contribution is -0.358. The van der Waals surface area contributed by atoms with Gasteiger partial charge in [0.25, 0.3) is 0 Å². The van der Waals surface area contributed by atoms with Crippen LogP contribution in [0.25, 0.3) is 0 Å². The van der Waals surface area contributed by atoms with Crippen molar-refractivity contribution in [3.8, 4) is 0 Å². The Hall–Kier alpha value is -1.02. The third-order valence-electron chi connectivity index (χ3n) is 1.73. The molecule has 2 nitrogen and oxygen atoms in total. The van der Waals surface area contributed by atoms with E-state index in [4.69, 9.17) is 0 Å². The average Bonchev–Trinajstić information content (AvgIpc) is 1.97. The van der Waals surface area contributed by atoms with Crippen molar-refractivity contribution in [3.63, 3.8) is 0 Å². The van der Waals surface area contributed by atoms with Crippen LogP contribution in [0.15, 0.2) is 0 Å². The van der Waals surface area contributed by atoms with Crippen molar-refractivity contribution in [2.24, 2.45) is 0 Å². The predicted octanol–water partition coefficient (Wildman–Crippen LogP) is 3.16. The molecule has 0 aliphatic heterocycles. The van der Waals surface area contributed by atoms with E-state index in [1.54, 1.807) is 0 Å². The second-order valence-corrected chi connectivity index (χ2v) is 3.40. The predicted molar refractivity (Wildman–Crippen MR) is 41.8 cm³/mol. The van der Waals surface area contributed by atoms with Gasteiger partial charge in [-0.2, -0.15) is 30.7 Å². The summed E-state index contributed by atoms with van der Waals surface area (Å²) in [6.07, 6.45) is -10.0. The van der Waals surface area contributed by atoms with E-state index in [1.165, 1.54) is 0 Å². The molecular formula is C8H9F7O2. The molecule has 1 unspecified atom stereocenters. The molecule has 0 radical (unpaired) electrons. The van der Waals surface area contributed by atoms with Gasteiger partial charge in [-0.15, -0.1) is 0 Å². The molecule has 0 aromatic heterocycles. The number of hydrogen-bond acceptors (Lipinski definition) is 2. The van der Waals surface area contributed by atoms with Gasteiger partial charge in [0.2, 0.25) is 0 Å². The van der Waals surface area contributed by atoms with Crippen molar-refractivity contribution in [3.05, 3.63) is 0 Å². The summed E-state index contributed by atoms with van der Waals surface area (Å²) in [6, 6.07) is 0. The largest absolute Gasteiger partial charge is 0.463 e. The summed E-state index contributed by atoms with van der Waals surface area (Å²) >= 11 is 0. The number of rotatable bonds is 4. The molecule has 0 saturated heterocycles. The number of hydrogen-bond donors (Lipinski definition) is 0. The Morgan fingerprint density at radius 1 is 1.12 bits per heavy atom. The Morgan fingerprint density at radius 3 is 1.82 bits per heavy atom. The van der Waals surface area contributed by atoms with Crippen molar-refractivity contribution in [1.29, 1.82) is 0 Å². The fourth-order valence-corrected chi connectivity index (χ4v) is 1.02. The zero-order valence-corrected chi connectivity index (χ0v) is 8.75. The van der Waals surface area contributed by atoms with E-state index in [1.807, 2.05) is 0 Å². The number of esters is 1. The van der Waals surface area contributed by atoms with E-state index in [9.17, 15) is 35.5 Å². The number of ether oxygens (including phenoxy) is 1. The van der Waals surface area contributed by atoms with Gasteiger partial charge in [0.15, 0.2) is 0 Å². The van der Waals surface area contributed by atoms with Crippen LogP contribution in [0.4, 0.5) is 30.7 Å². The fourth-order valence-electron chi connectivity index (χ4n) is 1.02. The van der Waals surface area contributed by atoms with Gasteiger partial charge in [-0.05, 0) is 6.92 Å². The summed E-state index contributed by atoms with van der Waals surface area (Å²) in [6.45, 7) is 1.61. The number of alkyl halides is 7. The Kier molecular flexibility index (Phi) is 4.41. The standard InChI is InChI=1S/C8H9F7O2/c1-4(17-5(2)16)3-6(9,10)7(11,12)8(13,14)15/h4H,3H2,1-2H3. The van der Waals surface area contributed by atoms with E-state index in [0.29, 0.717) is 0 Å². The van der Waals surface area contributed by atoms with Crippen LogP contribution in [0, 0.1) is 0 Å². The first kappa shape index (κ1) is 16.0. The number of carbonyl (C=O) groups is 1. The molecule has 0 aromatic rings. The van der Waals surface area contributed by atoms with Crippen LogP contribution >= 0.6 is 0 Å². The van der Waals surface area contributed by atoms with E-state index in [-0.39, 0.29) is 0 Å². The quantitative estimate of drug-likeness (QED) is 0.579. The molecule has 0 aliphatic carbocycles. The van der Waals surface area contributed by atoms with Gasteiger partial charge in [0.1, 0.15) is 6.10 Å². The normalized spacial score (nSPS) is 15.6. The topological polar surface area (TPSA) is 26.3 Å². The third kappa shape index (κ3) is 3.74. The molecule has 0 bridgehead atoms. The van der Waals surface area contributed by atoms with Gasteiger partial charge in [0.05, 0.1) is 6.42 Å². The van der Waals surface area contributed by atoms with Gasteiger partial charge in [-0.1, -0.05) is 0 Å². The molecule has 1 atom stereocenters. The zero-order chi connectivity index (χ0) is 14.1. The average molecular weight is 270 g/mol. The van der Waals surface area contributed by atoms with Gasteiger partial charge >= 0.3 is 24.0 Å². The first-order chi connectivity index (χ1) is 7.31. The first-order valence-corrected chi connectivity index (χ1v) is 4.31. The lowest BCUT2D eigenvalue weighted by Gasteiger charge is -2.29. The highest BCUT2D eigenvalue weighted by atomic mass is 19.4. The van der Waals surface area contributed by atoms with Crippen LogP contribution in [-0.2, 0) is 9.53 Å². The molecular weight excluding hydrogens is 261 g/mol. The molecule has 0 aliphatic rings. The maximum absolute atomic E-state index is 12.7. The Labute approximate surface area is 91.7 Å². The Balaban J connectivity index is 4.84. The molecule has 102 valence electrons. The first-order valence-electron chi connectivity index (χ1n) is 4.31. The van der Waals surface area contributed by atoms with E-state index < -0.39 is 36.5 Å². The van der Waals surface area contributed by atoms with Crippen LogP contribution in [0.3, 0.4) is 0 Å². The molecule has 17 heavy (non-hydrogen) atoms. The maximum Gasteiger partial charge on any atom is 0.459 e.